The highest BCUT2D eigenvalue weighted by Crippen LogP contribution is 2.32. The SMILES string of the molecule is CCCONC(=O)c1cc(-c2cccc(C(F)(F)F)c2)nc2ccccc12. The second-order valence-corrected chi connectivity index (χ2v) is 5.93. The van der Waals surface area contributed by atoms with Crippen molar-refractivity contribution in [3.8, 4) is 11.3 Å². The number of hydroxylamine groups is 1. The largest absolute Gasteiger partial charge is 0.416 e. The molecule has 0 radical (unpaired) electrons. The Morgan fingerprint density at radius 1 is 1.11 bits per heavy atom. The molecule has 0 bridgehead atoms. The Kier molecular flexibility index (Phi) is 5.41. The topological polar surface area (TPSA) is 51.2 Å². The first kappa shape index (κ1) is 18.8. The Hall–Kier alpha value is -2.93. The molecule has 0 aliphatic heterocycles. The number of pyridine rings is 1. The molecular formula is C20H17F3N2O2. The minimum absolute atomic E-state index is 0.277. The second-order valence-electron chi connectivity index (χ2n) is 5.93. The van der Waals surface area contributed by atoms with E-state index < -0.39 is 17.6 Å². The van der Waals surface area contributed by atoms with E-state index in [0.29, 0.717) is 17.5 Å². The zero-order valence-electron chi connectivity index (χ0n) is 14.5. The number of nitrogens with one attached hydrogen (secondary N) is 1. The van der Waals surface area contributed by atoms with Gasteiger partial charge in [0.05, 0.1) is 28.9 Å². The summed E-state index contributed by atoms with van der Waals surface area (Å²) in [6.07, 6.45) is -3.73. The van der Waals surface area contributed by atoms with Crippen LogP contribution in [0.2, 0.25) is 0 Å². The van der Waals surface area contributed by atoms with Crippen LogP contribution in [0.4, 0.5) is 13.2 Å². The summed E-state index contributed by atoms with van der Waals surface area (Å²) in [6.45, 7) is 2.26. The van der Waals surface area contributed by atoms with E-state index in [9.17, 15) is 18.0 Å². The summed E-state index contributed by atoms with van der Waals surface area (Å²) in [7, 11) is 0. The van der Waals surface area contributed by atoms with Crippen molar-refractivity contribution >= 4 is 16.8 Å². The minimum Gasteiger partial charge on any atom is -0.273 e. The van der Waals surface area contributed by atoms with Crippen molar-refractivity contribution in [3.63, 3.8) is 0 Å². The average Bonchev–Trinajstić information content (AvgIpc) is 2.66. The summed E-state index contributed by atoms with van der Waals surface area (Å²) < 4.78 is 39.0. The number of nitrogens with zero attached hydrogens (tertiary/aromatic N) is 1. The predicted octanol–water partition coefficient (Wildman–Crippen LogP) is 4.99. The van der Waals surface area contributed by atoms with Gasteiger partial charge in [0.25, 0.3) is 5.91 Å². The molecule has 3 aromatic rings. The number of benzene rings is 2. The second kappa shape index (κ2) is 7.75. The molecule has 7 heteroatoms. The summed E-state index contributed by atoms with van der Waals surface area (Å²) in [5, 5.41) is 0.589. The van der Waals surface area contributed by atoms with E-state index in [0.717, 1.165) is 18.6 Å². The fourth-order valence-corrected chi connectivity index (χ4v) is 2.64. The van der Waals surface area contributed by atoms with Gasteiger partial charge in [-0.1, -0.05) is 37.3 Å². The average molecular weight is 374 g/mol. The van der Waals surface area contributed by atoms with Crippen molar-refractivity contribution in [2.45, 2.75) is 19.5 Å². The summed E-state index contributed by atoms with van der Waals surface area (Å²) in [5.41, 5.74) is 2.93. The summed E-state index contributed by atoms with van der Waals surface area (Å²) >= 11 is 0. The number of rotatable bonds is 5. The van der Waals surface area contributed by atoms with Gasteiger partial charge in [-0.05, 0) is 30.7 Å². The van der Waals surface area contributed by atoms with Crippen molar-refractivity contribution < 1.29 is 22.8 Å². The zero-order chi connectivity index (χ0) is 19.4. The third-order valence-electron chi connectivity index (χ3n) is 3.92. The first-order valence-electron chi connectivity index (χ1n) is 8.39. The molecule has 0 fully saturated rings. The van der Waals surface area contributed by atoms with Crippen LogP contribution in [0.1, 0.15) is 29.3 Å². The monoisotopic (exact) mass is 374 g/mol. The lowest BCUT2D eigenvalue weighted by Crippen LogP contribution is -2.24. The molecule has 2 aromatic carbocycles. The molecule has 3 rings (SSSR count). The number of para-hydroxylation sites is 1. The van der Waals surface area contributed by atoms with E-state index in [-0.39, 0.29) is 16.8 Å². The zero-order valence-corrected chi connectivity index (χ0v) is 14.5. The Morgan fingerprint density at radius 3 is 2.63 bits per heavy atom. The molecule has 0 aliphatic rings. The summed E-state index contributed by atoms with van der Waals surface area (Å²) in [6, 6.07) is 13.3. The number of carbonyl (C=O) groups excluding carboxylic acids is 1. The van der Waals surface area contributed by atoms with Crippen molar-refractivity contribution in [3.05, 3.63) is 65.7 Å². The quantitative estimate of drug-likeness (QED) is 0.506. The molecule has 140 valence electrons. The first-order valence-corrected chi connectivity index (χ1v) is 8.39. The molecule has 0 atom stereocenters. The van der Waals surface area contributed by atoms with Crippen LogP contribution in [0.25, 0.3) is 22.2 Å². The van der Waals surface area contributed by atoms with Gasteiger partial charge in [0.15, 0.2) is 0 Å². The Labute approximate surface area is 153 Å². The minimum atomic E-state index is -4.46. The molecule has 27 heavy (non-hydrogen) atoms. The normalized spacial score (nSPS) is 11.6. The number of alkyl halides is 3. The Morgan fingerprint density at radius 2 is 1.89 bits per heavy atom. The van der Waals surface area contributed by atoms with E-state index in [2.05, 4.69) is 10.5 Å². The maximum absolute atomic E-state index is 13.0. The molecule has 1 N–H and O–H groups in total. The lowest BCUT2D eigenvalue weighted by Gasteiger charge is -2.12. The maximum atomic E-state index is 13.0. The van der Waals surface area contributed by atoms with E-state index in [4.69, 9.17) is 4.84 Å². The van der Waals surface area contributed by atoms with Crippen molar-refractivity contribution in [1.82, 2.24) is 10.5 Å². The molecule has 4 nitrogen and oxygen atoms in total. The molecule has 1 aromatic heterocycles. The third-order valence-corrected chi connectivity index (χ3v) is 3.92. The van der Waals surface area contributed by atoms with Crippen LogP contribution in [0.3, 0.4) is 0 Å². The van der Waals surface area contributed by atoms with Crippen molar-refractivity contribution in [1.29, 1.82) is 0 Å². The number of hydrogen-bond donors (Lipinski definition) is 1. The lowest BCUT2D eigenvalue weighted by atomic mass is 10.0. The number of amides is 1. The summed E-state index contributed by atoms with van der Waals surface area (Å²) in [5.74, 6) is -0.477. The van der Waals surface area contributed by atoms with Gasteiger partial charge < -0.3 is 0 Å². The molecule has 0 saturated carbocycles. The van der Waals surface area contributed by atoms with Gasteiger partial charge >= 0.3 is 6.18 Å². The van der Waals surface area contributed by atoms with Crippen LogP contribution in [0.15, 0.2) is 54.6 Å². The van der Waals surface area contributed by atoms with E-state index in [1.165, 1.54) is 18.2 Å². The fraction of sp³-hybridized carbons (Fsp3) is 0.200. The molecule has 1 heterocycles. The van der Waals surface area contributed by atoms with Crippen LogP contribution in [0.5, 0.6) is 0 Å². The number of fused-ring (bicyclic) bond motifs is 1. The highest BCUT2D eigenvalue weighted by Gasteiger charge is 2.30. The van der Waals surface area contributed by atoms with Crippen LogP contribution in [-0.2, 0) is 11.0 Å². The summed E-state index contributed by atoms with van der Waals surface area (Å²) in [4.78, 5) is 22.0. The molecule has 0 unspecified atom stereocenters. The van der Waals surface area contributed by atoms with Crippen LogP contribution in [-0.4, -0.2) is 17.5 Å². The number of halogens is 3. The number of aromatic nitrogens is 1. The standard InChI is InChI=1S/C20H17F3N2O2/c1-2-10-27-25-19(26)16-12-18(24-17-9-4-3-8-15(16)17)13-6-5-7-14(11-13)20(21,22)23/h3-9,11-12H,2,10H2,1H3,(H,25,26). The Balaban J connectivity index is 2.08. The van der Waals surface area contributed by atoms with Crippen molar-refractivity contribution in [2.24, 2.45) is 0 Å². The first-order chi connectivity index (χ1) is 12.9. The van der Waals surface area contributed by atoms with Gasteiger partial charge in [-0.2, -0.15) is 13.2 Å². The fourth-order valence-electron chi connectivity index (χ4n) is 2.64. The van der Waals surface area contributed by atoms with Gasteiger partial charge in [0.2, 0.25) is 0 Å². The van der Waals surface area contributed by atoms with Crippen LogP contribution >= 0.6 is 0 Å². The molecular weight excluding hydrogens is 357 g/mol. The highest BCUT2D eigenvalue weighted by molar-refractivity contribution is 6.06. The van der Waals surface area contributed by atoms with Gasteiger partial charge in [-0.25, -0.2) is 10.5 Å². The Bertz CT molecular complexity index is 971. The maximum Gasteiger partial charge on any atom is 0.416 e. The number of carbonyl (C=O) groups is 1. The molecule has 0 spiro atoms. The van der Waals surface area contributed by atoms with E-state index in [1.807, 2.05) is 6.92 Å². The molecule has 0 aliphatic carbocycles. The lowest BCUT2D eigenvalue weighted by molar-refractivity contribution is -0.137. The van der Waals surface area contributed by atoms with Crippen LogP contribution < -0.4 is 5.48 Å². The smallest absolute Gasteiger partial charge is 0.273 e. The third kappa shape index (κ3) is 4.25. The molecule has 0 saturated heterocycles. The van der Waals surface area contributed by atoms with Crippen molar-refractivity contribution in [2.75, 3.05) is 6.61 Å². The van der Waals surface area contributed by atoms with Gasteiger partial charge in [0, 0.05) is 10.9 Å². The van der Waals surface area contributed by atoms with Gasteiger partial charge in [-0.3, -0.25) is 9.63 Å². The van der Waals surface area contributed by atoms with Crippen LogP contribution in [0, 0.1) is 0 Å². The predicted molar refractivity (Wildman–Crippen MR) is 95.9 cm³/mol. The number of hydrogen-bond acceptors (Lipinski definition) is 3. The van der Waals surface area contributed by atoms with E-state index in [1.54, 1.807) is 24.3 Å². The molecule has 1 amide bonds. The van der Waals surface area contributed by atoms with Gasteiger partial charge in [-0.15, -0.1) is 0 Å². The highest BCUT2D eigenvalue weighted by atomic mass is 19.4. The van der Waals surface area contributed by atoms with Gasteiger partial charge in [0.1, 0.15) is 0 Å². The van der Waals surface area contributed by atoms with E-state index >= 15 is 0 Å².